The molecule has 0 atom stereocenters. The molecule has 0 spiro atoms. The number of anilines is 2. The fourth-order valence-corrected chi connectivity index (χ4v) is 1.15. The maximum Gasteiger partial charge on any atom is 0.146 e. The van der Waals surface area contributed by atoms with Crippen LogP contribution in [0.4, 0.5) is 11.5 Å². The lowest BCUT2D eigenvalue weighted by atomic mass is 10.3. The lowest BCUT2D eigenvalue weighted by Gasteiger charge is -2.20. The van der Waals surface area contributed by atoms with Crippen LogP contribution in [0.1, 0.15) is 6.92 Å². The highest BCUT2D eigenvalue weighted by Crippen LogP contribution is 2.18. The molecule has 0 fully saturated rings. The average molecular weight is 175 g/mol. The van der Waals surface area contributed by atoms with Gasteiger partial charge in [0, 0.05) is 12.7 Å². The molecule has 0 aromatic carbocycles. The van der Waals surface area contributed by atoms with Gasteiger partial charge < -0.3 is 10.6 Å². The Balaban J connectivity index is 2.92. The average Bonchev–Trinajstić information content (AvgIpc) is 2.16. The van der Waals surface area contributed by atoms with Gasteiger partial charge in [-0.05, 0) is 19.1 Å². The normalized spacial score (nSPS) is 9.23. The summed E-state index contributed by atoms with van der Waals surface area (Å²) in [7, 11) is 0. The van der Waals surface area contributed by atoms with Crippen molar-refractivity contribution in [2.24, 2.45) is 0 Å². The first-order valence-electron chi connectivity index (χ1n) is 4.18. The van der Waals surface area contributed by atoms with Crippen molar-refractivity contribution < 1.29 is 0 Å². The third-order valence-electron chi connectivity index (χ3n) is 1.82. The Bertz CT molecular complexity index is 314. The Morgan fingerprint density at radius 1 is 1.69 bits per heavy atom. The van der Waals surface area contributed by atoms with Crippen LogP contribution in [0, 0.1) is 12.3 Å². The van der Waals surface area contributed by atoms with Gasteiger partial charge in [0.25, 0.3) is 0 Å². The van der Waals surface area contributed by atoms with Crippen molar-refractivity contribution in [2.75, 3.05) is 23.7 Å². The summed E-state index contributed by atoms with van der Waals surface area (Å²) in [5.74, 6) is 3.11. The molecule has 3 nitrogen and oxygen atoms in total. The Hall–Kier alpha value is -1.69. The smallest absolute Gasteiger partial charge is 0.146 e. The number of pyridine rings is 1. The third-order valence-corrected chi connectivity index (χ3v) is 1.82. The topological polar surface area (TPSA) is 42.2 Å². The highest BCUT2D eigenvalue weighted by molar-refractivity contribution is 5.63. The lowest BCUT2D eigenvalue weighted by molar-refractivity contribution is 0.916. The summed E-state index contributed by atoms with van der Waals surface area (Å²) in [6, 6.07) is 3.77. The second-order valence-corrected chi connectivity index (χ2v) is 2.63. The number of hydrogen-bond donors (Lipinski definition) is 1. The van der Waals surface area contributed by atoms with E-state index in [0.29, 0.717) is 12.4 Å². The van der Waals surface area contributed by atoms with E-state index in [2.05, 4.69) is 10.9 Å². The maximum atomic E-state index is 5.71. The number of nitrogen functional groups attached to an aromatic ring is 1. The highest BCUT2D eigenvalue weighted by atomic mass is 15.1. The number of aromatic nitrogens is 1. The fraction of sp³-hybridized carbons (Fsp3) is 0.300. The molecule has 0 radical (unpaired) electrons. The zero-order chi connectivity index (χ0) is 9.68. The molecule has 1 aromatic rings. The molecule has 3 heteroatoms. The summed E-state index contributed by atoms with van der Waals surface area (Å²) >= 11 is 0. The van der Waals surface area contributed by atoms with Crippen LogP contribution in [0.2, 0.25) is 0 Å². The van der Waals surface area contributed by atoms with Crippen LogP contribution < -0.4 is 10.6 Å². The molecular formula is C10H13N3. The predicted molar refractivity (Wildman–Crippen MR) is 55.4 cm³/mol. The summed E-state index contributed by atoms with van der Waals surface area (Å²) in [4.78, 5) is 6.00. The van der Waals surface area contributed by atoms with Crippen LogP contribution in [0.25, 0.3) is 0 Å². The maximum absolute atomic E-state index is 5.71. The molecule has 1 aromatic heterocycles. The number of hydrogen-bond acceptors (Lipinski definition) is 3. The number of terminal acetylenes is 1. The van der Waals surface area contributed by atoms with Crippen molar-refractivity contribution in [1.29, 1.82) is 0 Å². The highest BCUT2D eigenvalue weighted by Gasteiger charge is 2.05. The summed E-state index contributed by atoms with van der Waals surface area (Å²) < 4.78 is 0. The van der Waals surface area contributed by atoms with Crippen molar-refractivity contribution in [3.63, 3.8) is 0 Å². The van der Waals surface area contributed by atoms with Crippen molar-refractivity contribution >= 4 is 11.5 Å². The fourth-order valence-electron chi connectivity index (χ4n) is 1.15. The molecule has 0 aliphatic heterocycles. The van der Waals surface area contributed by atoms with E-state index in [1.54, 1.807) is 6.20 Å². The zero-order valence-electron chi connectivity index (χ0n) is 7.70. The summed E-state index contributed by atoms with van der Waals surface area (Å²) in [6.45, 7) is 3.43. The summed E-state index contributed by atoms with van der Waals surface area (Å²) in [6.07, 6.45) is 6.91. The minimum absolute atomic E-state index is 0.527. The van der Waals surface area contributed by atoms with Crippen molar-refractivity contribution in [2.45, 2.75) is 6.92 Å². The van der Waals surface area contributed by atoms with Crippen LogP contribution >= 0.6 is 0 Å². The first kappa shape index (κ1) is 9.40. The molecule has 0 saturated heterocycles. The molecule has 1 rings (SSSR count). The molecule has 0 aliphatic carbocycles. The van der Waals surface area contributed by atoms with E-state index >= 15 is 0 Å². The zero-order valence-corrected chi connectivity index (χ0v) is 7.70. The standard InChI is InChI=1S/C10H13N3/c1-3-8-13(4-2)9-6-5-7-12-10(9)11/h1,5-7H,4,8H2,2H3,(H2,11,12). The molecule has 68 valence electrons. The SMILES string of the molecule is C#CCN(CC)c1cccnc1N. The van der Waals surface area contributed by atoms with Gasteiger partial charge in [0.15, 0.2) is 0 Å². The van der Waals surface area contributed by atoms with Gasteiger partial charge >= 0.3 is 0 Å². The third kappa shape index (κ3) is 2.12. The van der Waals surface area contributed by atoms with Gasteiger partial charge in [-0.15, -0.1) is 6.42 Å². The molecule has 13 heavy (non-hydrogen) atoms. The first-order chi connectivity index (χ1) is 6.29. The second kappa shape index (κ2) is 4.36. The van der Waals surface area contributed by atoms with Gasteiger partial charge in [0.1, 0.15) is 5.82 Å². The molecule has 0 bridgehead atoms. The summed E-state index contributed by atoms with van der Waals surface area (Å²) in [5.41, 5.74) is 6.61. The van der Waals surface area contributed by atoms with Crippen molar-refractivity contribution in [3.05, 3.63) is 18.3 Å². The largest absolute Gasteiger partial charge is 0.382 e. The van der Waals surface area contributed by atoms with E-state index < -0.39 is 0 Å². The van der Waals surface area contributed by atoms with E-state index in [0.717, 1.165) is 12.2 Å². The Morgan fingerprint density at radius 3 is 3.00 bits per heavy atom. The molecule has 0 amide bonds. The lowest BCUT2D eigenvalue weighted by Crippen LogP contribution is -2.24. The van der Waals surface area contributed by atoms with E-state index in [-0.39, 0.29) is 0 Å². The molecule has 2 N–H and O–H groups in total. The number of nitrogens with two attached hydrogens (primary N) is 1. The molecule has 0 unspecified atom stereocenters. The second-order valence-electron chi connectivity index (χ2n) is 2.63. The number of nitrogens with zero attached hydrogens (tertiary/aromatic N) is 2. The van der Waals surface area contributed by atoms with Gasteiger partial charge in [-0.2, -0.15) is 0 Å². The minimum atomic E-state index is 0.527. The molecular weight excluding hydrogens is 162 g/mol. The van der Waals surface area contributed by atoms with Gasteiger partial charge in [0.05, 0.1) is 12.2 Å². The first-order valence-corrected chi connectivity index (χ1v) is 4.18. The van der Waals surface area contributed by atoms with Crippen LogP contribution in [0.15, 0.2) is 18.3 Å². The Kier molecular flexibility index (Phi) is 3.15. The van der Waals surface area contributed by atoms with Gasteiger partial charge in [-0.3, -0.25) is 0 Å². The molecule has 0 aliphatic rings. The van der Waals surface area contributed by atoms with Gasteiger partial charge in [-0.1, -0.05) is 5.92 Å². The molecule has 1 heterocycles. The number of rotatable bonds is 3. The van der Waals surface area contributed by atoms with Gasteiger partial charge in [0.2, 0.25) is 0 Å². The quantitative estimate of drug-likeness (QED) is 0.700. The van der Waals surface area contributed by atoms with Crippen LogP contribution in [-0.2, 0) is 0 Å². The van der Waals surface area contributed by atoms with Crippen molar-refractivity contribution in [3.8, 4) is 12.3 Å². The Morgan fingerprint density at radius 2 is 2.46 bits per heavy atom. The van der Waals surface area contributed by atoms with E-state index in [1.807, 2.05) is 24.0 Å². The van der Waals surface area contributed by atoms with Crippen LogP contribution in [-0.4, -0.2) is 18.1 Å². The minimum Gasteiger partial charge on any atom is -0.382 e. The van der Waals surface area contributed by atoms with E-state index in [9.17, 15) is 0 Å². The van der Waals surface area contributed by atoms with Gasteiger partial charge in [-0.25, -0.2) is 4.98 Å². The summed E-state index contributed by atoms with van der Waals surface area (Å²) in [5, 5.41) is 0. The van der Waals surface area contributed by atoms with E-state index in [4.69, 9.17) is 12.2 Å². The molecule has 0 saturated carbocycles. The Labute approximate surface area is 78.6 Å². The monoisotopic (exact) mass is 175 g/mol. The predicted octanol–water partition coefficient (Wildman–Crippen LogP) is 1.12. The van der Waals surface area contributed by atoms with E-state index in [1.165, 1.54) is 0 Å². The van der Waals surface area contributed by atoms with Crippen LogP contribution in [0.5, 0.6) is 0 Å². The van der Waals surface area contributed by atoms with Crippen LogP contribution in [0.3, 0.4) is 0 Å². The van der Waals surface area contributed by atoms with Crippen molar-refractivity contribution in [1.82, 2.24) is 4.98 Å².